The van der Waals surface area contributed by atoms with Gasteiger partial charge in [0.05, 0.1) is 35.8 Å². The zero-order valence-electron chi connectivity index (χ0n) is 16.7. The lowest BCUT2D eigenvalue weighted by Gasteiger charge is -2.12. The van der Waals surface area contributed by atoms with Crippen LogP contribution in [0.15, 0.2) is 18.2 Å². The molecule has 2 rings (SSSR count). The van der Waals surface area contributed by atoms with E-state index >= 15 is 0 Å². The molecule has 172 valence electrons. The Labute approximate surface area is 180 Å². The van der Waals surface area contributed by atoms with Crippen molar-refractivity contribution in [3.8, 4) is 0 Å². The SMILES string of the molecule is CCC(C)F.NC(=O)C(=O)CNC(=O)c1cc(Cl)ccc1NC(=O)C1CC1C(F)(F)F. The first-order chi connectivity index (χ1) is 14.3. The maximum Gasteiger partial charge on any atom is 0.392 e. The van der Waals surface area contributed by atoms with E-state index < -0.39 is 54.2 Å². The second kappa shape index (κ2) is 11.1. The van der Waals surface area contributed by atoms with Crippen molar-refractivity contribution in [2.45, 2.75) is 39.0 Å². The Morgan fingerprint density at radius 3 is 2.29 bits per heavy atom. The summed E-state index contributed by atoms with van der Waals surface area (Å²) in [7, 11) is 0. The summed E-state index contributed by atoms with van der Waals surface area (Å²) in [6.45, 7) is 2.71. The third-order valence-electron chi connectivity index (χ3n) is 4.28. The van der Waals surface area contributed by atoms with Crippen molar-refractivity contribution in [1.82, 2.24) is 5.32 Å². The van der Waals surface area contributed by atoms with E-state index in [2.05, 4.69) is 10.6 Å². The molecule has 1 aromatic rings. The van der Waals surface area contributed by atoms with Crippen molar-refractivity contribution < 1.29 is 36.7 Å². The average Bonchev–Trinajstić information content (AvgIpc) is 3.48. The molecule has 4 N–H and O–H groups in total. The third kappa shape index (κ3) is 8.52. The number of carbonyl (C=O) groups excluding carboxylic acids is 4. The fourth-order valence-electron chi connectivity index (χ4n) is 2.23. The van der Waals surface area contributed by atoms with E-state index in [1.807, 2.05) is 6.92 Å². The maximum atomic E-state index is 12.6. The van der Waals surface area contributed by atoms with E-state index in [1.54, 1.807) is 6.92 Å². The molecule has 1 saturated carbocycles. The number of amides is 3. The Hall–Kier alpha value is -2.69. The molecule has 0 saturated heterocycles. The lowest BCUT2D eigenvalue weighted by molar-refractivity contribution is -0.153. The Morgan fingerprint density at radius 2 is 1.84 bits per heavy atom. The lowest BCUT2D eigenvalue weighted by atomic mass is 10.1. The highest BCUT2D eigenvalue weighted by atomic mass is 35.5. The summed E-state index contributed by atoms with van der Waals surface area (Å²) in [6.07, 6.45) is -4.76. The van der Waals surface area contributed by atoms with E-state index in [4.69, 9.17) is 17.3 Å². The molecule has 7 nitrogen and oxygen atoms in total. The molecule has 3 amide bonds. The molecule has 0 radical (unpaired) electrons. The quantitative estimate of drug-likeness (QED) is 0.422. The van der Waals surface area contributed by atoms with Crippen LogP contribution in [0, 0.1) is 11.8 Å². The van der Waals surface area contributed by atoms with Crippen LogP contribution in [0.3, 0.4) is 0 Å². The summed E-state index contributed by atoms with van der Waals surface area (Å²) in [5.41, 5.74) is 4.51. The smallest absolute Gasteiger partial charge is 0.363 e. The van der Waals surface area contributed by atoms with Crippen molar-refractivity contribution in [2.24, 2.45) is 17.6 Å². The number of nitrogens with one attached hydrogen (secondary N) is 2. The zero-order chi connectivity index (χ0) is 23.9. The number of nitrogens with two attached hydrogens (primary N) is 1. The minimum atomic E-state index is -4.46. The van der Waals surface area contributed by atoms with Gasteiger partial charge in [-0.3, -0.25) is 19.2 Å². The summed E-state index contributed by atoms with van der Waals surface area (Å²) in [6, 6.07) is 3.74. The molecule has 1 aliphatic rings. The first-order valence-electron chi connectivity index (χ1n) is 9.19. The van der Waals surface area contributed by atoms with Crippen molar-refractivity contribution in [1.29, 1.82) is 0 Å². The molecule has 1 aromatic carbocycles. The molecule has 1 aliphatic carbocycles. The number of hydrogen-bond donors (Lipinski definition) is 3. The first-order valence-corrected chi connectivity index (χ1v) is 9.57. The lowest BCUT2D eigenvalue weighted by Crippen LogP contribution is -2.36. The Morgan fingerprint density at radius 1 is 1.26 bits per heavy atom. The van der Waals surface area contributed by atoms with E-state index in [-0.39, 0.29) is 22.7 Å². The van der Waals surface area contributed by atoms with E-state index in [1.165, 1.54) is 12.1 Å². The van der Waals surface area contributed by atoms with Crippen LogP contribution in [-0.4, -0.2) is 42.4 Å². The number of ketones is 1. The van der Waals surface area contributed by atoms with Gasteiger partial charge in [-0.2, -0.15) is 13.2 Å². The predicted molar refractivity (Wildman–Crippen MR) is 105 cm³/mol. The molecule has 0 aromatic heterocycles. The monoisotopic (exact) mass is 467 g/mol. The van der Waals surface area contributed by atoms with Crippen LogP contribution in [0.2, 0.25) is 5.02 Å². The summed E-state index contributed by atoms with van der Waals surface area (Å²) in [4.78, 5) is 45.9. The van der Waals surface area contributed by atoms with E-state index in [0.717, 1.165) is 6.07 Å². The standard InChI is InChI=1S/C15H13ClF3N3O4.C4H9F/c16-6-1-2-10(22-14(26)7-4-9(7)15(17,18)19)8(3-6)13(25)21-5-11(23)12(20)24;1-3-4(2)5/h1-3,7,9H,4-5H2,(H2,20,24)(H,21,25)(H,22,26);4H,3H2,1-2H3. The zero-order valence-corrected chi connectivity index (χ0v) is 17.4. The number of benzene rings is 1. The summed E-state index contributed by atoms with van der Waals surface area (Å²) in [5, 5.41) is 4.50. The molecule has 1 fully saturated rings. The van der Waals surface area contributed by atoms with Crippen LogP contribution in [-0.2, 0) is 14.4 Å². The molecule has 0 spiro atoms. The molecule has 3 unspecified atom stereocenters. The van der Waals surface area contributed by atoms with Gasteiger partial charge in [0.2, 0.25) is 11.7 Å². The fraction of sp³-hybridized carbons (Fsp3) is 0.474. The van der Waals surface area contributed by atoms with Crippen molar-refractivity contribution >= 4 is 40.8 Å². The summed E-state index contributed by atoms with van der Waals surface area (Å²) >= 11 is 5.79. The summed E-state index contributed by atoms with van der Waals surface area (Å²) in [5.74, 6) is -6.95. The van der Waals surface area contributed by atoms with Crippen LogP contribution in [0.4, 0.5) is 23.2 Å². The van der Waals surface area contributed by atoms with Crippen LogP contribution in [0.25, 0.3) is 0 Å². The Kier molecular flexibility index (Phi) is 9.41. The number of halogens is 5. The average molecular weight is 468 g/mol. The Bertz CT molecular complexity index is 846. The fourth-order valence-corrected chi connectivity index (χ4v) is 2.40. The Balaban J connectivity index is 0.000000861. The van der Waals surface area contributed by atoms with Gasteiger partial charge in [-0.05, 0) is 38.0 Å². The van der Waals surface area contributed by atoms with E-state index in [9.17, 15) is 36.7 Å². The molecular formula is C19H22ClF4N3O4. The van der Waals surface area contributed by atoms with Crippen molar-refractivity contribution in [3.63, 3.8) is 0 Å². The summed E-state index contributed by atoms with van der Waals surface area (Å²) < 4.78 is 49.1. The number of alkyl halides is 4. The van der Waals surface area contributed by atoms with Crippen molar-refractivity contribution in [3.05, 3.63) is 28.8 Å². The molecule has 12 heteroatoms. The first kappa shape index (κ1) is 26.3. The van der Waals surface area contributed by atoms with Gasteiger partial charge in [0, 0.05) is 5.02 Å². The minimum Gasteiger partial charge on any atom is -0.363 e. The number of Topliss-reactive ketones (excluding diaryl/α,β-unsaturated/α-hetero) is 1. The van der Waals surface area contributed by atoms with Gasteiger partial charge in [-0.25, -0.2) is 4.39 Å². The van der Waals surface area contributed by atoms with Crippen LogP contribution >= 0.6 is 11.6 Å². The maximum absolute atomic E-state index is 12.6. The number of anilines is 1. The highest BCUT2D eigenvalue weighted by Crippen LogP contribution is 2.50. The van der Waals surface area contributed by atoms with Gasteiger partial charge in [-0.15, -0.1) is 0 Å². The molecular weight excluding hydrogens is 446 g/mol. The number of rotatable bonds is 7. The number of primary amides is 1. The number of carbonyl (C=O) groups is 4. The molecule has 0 bridgehead atoms. The normalized spacial score (nSPS) is 18.2. The highest BCUT2D eigenvalue weighted by molar-refractivity contribution is 6.36. The minimum absolute atomic E-state index is 0.0729. The number of hydrogen-bond acceptors (Lipinski definition) is 4. The second-order valence-electron chi connectivity index (χ2n) is 6.83. The molecule has 0 heterocycles. The van der Waals surface area contributed by atoms with E-state index in [0.29, 0.717) is 6.42 Å². The van der Waals surface area contributed by atoms with Gasteiger partial charge in [-0.1, -0.05) is 18.5 Å². The van der Waals surface area contributed by atoms with Crippen molar-refractivity contribution in [2.75, 3.05) is 11.9 Å². The van der Waals surface area contributed by atoms with Gasteiger partial charge in [0.1, 0.15) is 0 Å². The van der Waals surface area contributed by atoms with Crippen LogP contribution in [0.1, 0.15) is 37.0 Å². The molecule has 3 atom stereocenters. The van der Waals surface area contributed by atoms with Gasteiger partial charge < -0.3 is 16.4 Å². The third-order valence-corrected chi connectivity index (χ3v) is 4.51. The highest BCUT2D eigenvalue weighted by Gasteiger charge is 2.58. The van der Waals surface area contributed by atoms with Gasteiger partial charge in [0.15, 0.2) is 0 Å². The van der Waals surface area contributed by atoms with Crippen LogP contribution in [0.5, 0.6) is 0 Å². The predicted octanol–water partition coefficient (Wildman–Crippen LogP) is 3.02. The molecule has 0 aliphatic heterocycles. The van der Waals surface area contributed by atoms with Gasteiger partial charge >= 0.3 is 6.18 Å². The van der Waals surface area contributed by atoms with Gasteiger partial charge in [0.25, 0.3) is 11.8 Å². The largest absolute Gasteiger partial charge is 0.392 e. The second-order valence-corrected chi connectivity index (χ2v) is 7.27. The van der Waals surface area contributed by atoms with Crippen LogP contribution < -0.4 is 16.4 Å². The topological polar surface area (TPSA) is 118 Å². The molecule has 31 heavy (non-hydrogen) atoms.